The Morgan fingerprint density at radius 1 is 0.917 bits per heavy atom. The predicted octanol–water partition coefficient (Wildman–Crippen LogP) is 4.62. The lowest BCUT2D eigenvalue weighted by atomic mass is 10.3. The van der Waals surface area contributed by atoms with E-state index in [9.17, 15) is 26.3 Å². The first-order chi connectivity index (χ1) is 10.9. The number of nitrogens with one attached hydrogen (secondary N) is 2. The van der Waals surface area contributed by atoms with E-state index in [0.717, 1.165) is 24.3 Å². The summed E-state index contributed by atoms with van der Waals surface area (Å²) in [6, 6.07) is 4.73. The molecule has 132 valence electrons. The van der Waals surface area contributed by atoms with E-state index in [1.54, 1.807) is 0 Å². The second-order valence-corrected chi connectivity index (χ2v) is 4.19. The molecule has 24 heavy (non-hydrogen) atoms. The zero-order valence-electron chi connectivity index (χ0n) is 12.0. The Kier molecular flexibility index (Phi) is 6.15. The van der Waals surface area contributed by atoms with Crippen LogP contribution in [0.15, 0.2) is 61.0 Å². The van der Waals surface area contributed by atoms with Gasteiger partial charge in [0.15, 0.2) is 0 Å². The highest BCUT2D eigenvalue weighted by Gasteiger charge is 2.31. The quantitative estimate of drug-likeness (QED) is 0.325. The molecule has 0 unspecified atom stereocenters. The summed E-state index contributed by atoms with van der Waals surface area (Å²) in [5.74, 6) is -1.04. The molecule has 2 N–H and O–H groups in total. The maximum absolute atomic E-state index is 12.0. The van der Waals surface area contributed by atoms with Gasteiger partial charge >= 0.3 is 12.7 Å². The molecule has 0 aliphatic rings. The zero-order chi connectivity index (χ0) is 18.4. The normalized spacial score (nSPS) is 11.9. The van der Waals surface area contributed by atoms with Gasteiger partial charge in [-0.15, -0.1) is 26.3 Å². The van der Waals surface area contributed by atoms with Crippen molar-refractivity contribution < 1.29 is 35.8 Å². The van der Waals surface area contributed by atoms with E-state index in [-0.39, 0.29) is 5.70 Å². The van der Waals surface area contributed by atoms with Crippen molar-refractivity contribution in [3.63, 3.8) is 0 Å². The van der Waals surface area contributed by atoms with Gasteiger partial charge in [0.25, 0.3) is 0 Å². The van der Waals surface area contributed by atoms with Crippen molar-refractivity contribution in [2.75, 3.05) is 5.43 Å². The van der Waals surface area contributed by atoms with Crippen molar-refractivity contribution in [1.29, 1.82) is 0 Å². The Balaban J connectivity index is 2.46. The highest BCUT2D eigenvalue weighted by atomic mass is 19.4. The second-order valence-electron chi connectivity index (χ2n) is 4.19. The van der Waals surface area contributed by atoms with Crippen molar-refractivity contribution in [2.24, 2.45) is 0 Å². The smallest absolute Gasteiger partial charge is 0.406 e. The number of allylic oxidation sites excluding steroid dienone is 2. The molecule has 0 atom stereocenters. The van der Waals surface area contributed by atoms with Crippen LogP contribution in [0.1, 0.15) is 0 Å². The molecule has 0 fully saturated rings. The van der Waals surface area contributed by atoms with Crippen LogP contribution in [0.5, 0.6) is 5.75 Å². The van der Waals surface area contributed by atoms with Crippen LogP contribution in [0.2, 0.25) is 0 Å². The van der Waals surface area contributed by atoms with Crippen LogP contribution >= 0.6 is 0 Å². The van der Waals surface area contributed by atoms with Gasteiger partial charge in [0.1, 0.15) is 11.5 Å². The Hall–Kier alpha value is -2.78. The largest absolute Gasteiger partial charge is 0.573 e. The molecule has 0 aliphatic carbocycles. The Bertz CT molecular complexity index is 605. The van der Waals surface area contributed by atoms with Gasteiger partial charge in [-0.2, -0.15) is 0 Å². The first-order valence-corrected chi connectivity index (χ1v) is 6.14. The summed E-state index contributed by atoms with van der Waals surface area (Å²) in [6.45, 7) is 6.54. The average molecular weight is 354 g/mol. The number of alkyl halides is 6. The number of hydrazine groups is 1. The number of anilines is 1. The molecule has 0 bridgehead atoms. The van der Waals surface area contributed by atoms with Crippen LogP contribution in [0, 0.1) is 0 Å². The van der Waals surface area contributed by atoms with Crippen LogP contribution < -0.4 is 15.6 Å². The van der Waals surface area contributed by atoms with Crippen LogP contribution in [0.25, 0.3) is 0 Å². The number of hydrogen-bond acceptors (Lipinski definition) is 4. The summed E-state index contributed by atoms with van der Waals surface area (Å²) in [4.78, 5) is 0. The molecular weight excluding hydrogens is 342 g/mol. The van der Waals surface area contributed by atoms with Crippen molar-refractivity contribution in [1.82, 2.24) is 5.43 Å². The molecule has 0 aliphatic heterocycles. The topological polar surface area (TPSA) is 42.5 Å². The van der Waals surface area contributed by atoms with Crippen LogP contribution in [0.4, 0.5) is 32.0 Å². The van der Waals surface area contributed by atoms with E-state index in [2.05, 4.69) is 33.5 Å². The number of halogens is 6. The predicted molar refractivity (Wildman–Crippen MR) is 74.4 cm³/mol. The standard InChI is InChI=1S/C14H12F6N2O2/c1-9(3-4-10(2)23-13(15,16)17)21-22-11-5-7-12(8-6-11)24-14(18,19)20/h3-8,21-22H,1-2H2/b4-3-. The number of benzene rings is 1. The van der Waals surface area contributed by atoms with Crippen LogP contribution in [-0.4, -0.2) is 12.7 Å². The second kappa shape index (κ2) is 7.66. The molecule has 4 nitrogen and oxygen atoms in total. The molecule has 1 rings (SSSR count). The highest BCUT2D eigenvalue weighted by molar-refractivity contribution is 5.46. The first kappa shape index (κ1) is 19.3. The van der Waals surface area contributed by atoms with Gasteiger partial charge in [-0.3, -0.25) is 0 Å². The molecule has 0 heterocycles. The van der Waals surface area contributed by atoms with Gasteiger partial charge in [0, 0.05) is 5.70 Å². The Morgan fingerprint density at radius 3 is 2.00 bits per heavy atom. The molecule has 0 spiro atoms. The molecule has 0 radical (unpaired) electrons. The molecule has 0 saturated carbocycles. The third-order valence-corrected chi connectivity index (χ3v) is 2.17. The molecule has 1 aromatic carbocycles. The molecule has 0 saturated heterocycles. The van der Waals surface area contributed by atoms with Crippen LogP contribution in [0.3, 0.4) is 0 Å². The maximum atomic E-state index is 12.0. The minimum atomic E-state index is -4.84. The van der Waals surface area contributed by atoms with E-state index < -0.39 is 24.2 Å². The van der Waals surface area contributed by atoms with Gasteiger partial charge in [0.2, 0.25) is 0 Å². The maximum Gasteiger partial charge on any atom is 0.573 e. The summed E-state index contributed by atoms with van der Waals surface area (Å²) < 4.78 is 78.9. The molecule has 1 aromatic rings. The van der Waals surface area contributed by atoms with Crippen LogP contribution in [-0.2, 0) is 4.74 Å². The fourth-order valence-electron chi connectivity index (χ4n) is 1.31. The van der Waals surface area contributed by atoms with Gasteiger partial charge in [-0.05, 0) is 36.4 Å². The Morgan fingerprint density at radius 2 is 1.50 bits per heavy atom. The highest BCUT2D eigenvalue weighted by Crippen LogP contribution is 2.24. The number of hydrogen-bond donors (Lipinski definition) is 2. The molecule has 10 heteroatoms. The van der Waals surface area contributed by atoms with E-state index in [0.29, 0.717) is 5.69 Å². The van der Waals surface area contributed by atoms with Gasteiger partial charge in [-0.1, -0.05) is 13.2 Å². The summed E-state index contributed by atoms with van der Waals surface area (Å²) in [6.07, 6.45) is -7.53. The van der Waals surface area contributed by atoms with Gasteiger partial charge < -0.3 is 20.3 Å². The fraction of sp³-hybridized carbons (Fsp3) is 0.143. The summed E-state index contributed by atoms with van der Waals surface area (Å²) in [7, 11) is 0. The minimum Gasteiger partial charge on any atom is -0.406 e. The lowest BCUT2D eigenvalue weighted by Gasteiger charge is -2.12. The zero-order valence-corrected chi connectivity index (χ0v) is 12.0. The number of ether oxygens (including phenoxy) is 2. The number of rotatable bonds is 7. The van der Waals surface area contributed by atoms with Crippen molar-refractivity contribution >= 4 is 5.69 Å². The minimum absolute atomic E-state index is 0.151. The molecular formula is C14H12F6N2O2. The lowest BCUT2D eigenvalue weighted by molar-refractivity contribution is -0.303. The molecule has 0 aromatic heterocycles. The third kappa shape index (κ3) is 8.61. The van der Waals surface area contributed by atoms with Crippen molar-refractivity contribution in [3.8, 4) is 5.75 Å². The lowest BCUT2D eigenvalue weighted by Crippen LogP contribution is -2.19. The van der Waals surface area contributed by atoms with Crippen molar-refractivity contribution in [3.05, 3.63) is 61.0 Å². The first-order valence-electron chi connectivity index (χ1n) is 6.14. The van der Waals surface area contributed by atoms with E-state index in [1.807, 2.05) is 0 Å². The average Bonchev–Trinajstić information content (AvgIpc) is 2.41. The summed E-state index contributed by atoms with van der Waals surface area (Å²) in [5.41, 5.74) is 5.60. The summed E-state index contributed by atoms with van der Waals surface area (Å²) in [5, 5.41) is 0. The Labute approximate surface area is 133 Å². The van der Waals surface area contributed by atoms with Gasteiger partial charge in [-0.25, -0.2) is 0 Å². The van der Waals surface area contributed by atoms with E-state index in [1.165, 1.54) is 12.1 Å². The van der Waals surface area contributed by atoms with E-state index >= 15 is 0 Å². The molecule has 0 amide bonds. The fourth-order valence-corrected chi connectivity index (χ4v) is 1.31. The SMILES string of the molecule is C=C(/C=C\C(=C)OC(F)(F)F)NNc1ccc(OC(F)(F)F)cc1. The third-order valence-electron chi connectivity index (χ3n) is 2.17. The van der Waals surface area contributed by atoms with E-state index in [4.69, 9.17) is 0 Å². The monoisotopic (exact) mass is 354 g/mol. The summed E-state index contributed by atoms with van der Waals surface area (Å²) >= 11 is 0. The van der Waals surface area contributed by atoms with Crippen molar-refractivity contribution in [2.45, 2.75) is 12.7 Å². The van der Waals surface area contributed by atoms with Gasteiger partial charge in [0.05, 0.1) is 5.69 Å².